The fourth-order valence-electron chi connectivity index (χ4n) is 1.21. The van der Waals surface area contributed by atoms with E-state index in [0.717, 1.165) is 12.8 Å². The Morgan fingerprint density at radius 2 is 2.25 bits per heavy atom. The molecule has 0 bridgehead atoms. The van der Waals surface area contributed by atoms with Crippen LogP contribution in [-0.4, -0.2) is 11.9 Å². The number of piperidine rings is 1. The van der Waals surface area contributed by atoms with Gasteiger partial charge in [0.2, 0.25) is 5.91 Å². The zero-order valence-electron chi connectivity index (χ0n) is 8.26. The molecule has 1 fully saturated rings. The molecule has 1 atom stereocenters. The highest BCUT2D eigenvalue weighted by Gasteiger charge is 2.14. The summed E-state index contributed by atoms with van der Waals surface area (Å²) < 4.78 is 0. The molecule has 12 heavy (non-hydrogen) atoms. The lowest BCUT2D eigenvalue weighted by Gasteiger charge is -2.19. The van der Waals surface area contributed by atoms with E-state index in [2.05, 4.69) is 5.32 Å². The summed E-state index contributed by atoms with van der Waals surface area (Å²) in [5, 5.41) is 2.89. The second kappa shape index (κ2) is 6.89. The van der Waals surface area contributed by atoms with Gasteiger partial charge in [0.05, 0.1) is 0 Å². The predicted molar refractivity (Wildman–Crippen MR) is 54.1 cm³/mol. The van der Waals surface area contributed by atoms with E-state index in [4.69, 9.17) is 0 Å². The first-order valence-corrected chi connectivity index (χ1v) is 4.75. The zero-order valence-corrected chi connectivity index (χ0v) is 8.26. The van der Waals surface area contributed by atoms with Crippen LogP contribution in [0.4, 0.5) is 0 Å². The van der Waals surface area contributed by atoms with Gasteiger partial charge < -0.3 is 5.32 Å². The SMILES string of the molecule is C/C=C/C1CCCC(=O)N1.CC.[HH]. The van der Waals surface area contributed by atoms with Crippen LogP contribution in [0.2, 0.25) is 0 Å². The van der Waals surface area contributed by atoms with Gasteiger partial charge in [-0.05, 0) is 19.8 Å². The summed E-state index contributed by atoms with van der Waals surface area (Å²) >= 11 is 0. The lowest BCUT2D eigenvalue weighted by molar-refractivity contribution is -0.122. The first-order chi connectivity index (χ1) is 5.83. The Balaban J connectivity index is 0. The van der Waals surface area contributed by atoms with Crippen molar-refractivity contribution in [3.63, 3.8) is 0 Å². The number of allylic oxidation sites excluding steroid dienone is 1. The van der Waals surface area contributed by atoms with Gasteiger partial charge in [0, 0.05) is 13.9 Å². The van der Waals surface area contributed by atoms with Crippen LogP contribution >= 0.6 is 0 Å². The minimum Gasteiger partial charge on any atom is -0.350 e. The van der Waals surface area contributed by atoms with E-state index in [-0.39, 0.29) is 7.33 Å². The van der Waals surface area contributed by atoms with Crippen LogP contribution in [0.3, 0.4) is 0 Å². The van der Waals surface area contributed by atoms with Gasteiger partial charge in [-0.3, -0.25) is 4.79 Å². The topological polar surface area (TPSA) is 29.1 Å². The van der Waals surface area contributed by atoms with Crippen molar-refractivity contribution in [2.75, 3.05) is 0 Å². The molecule has 0 radical (unpaired) electrons. The number of rotatable bonds is 1. The Morgan fingerprint density at radius 3 is 2.75 bits per heavy atom. The van der Waals surface area contributed by atoms with E-state index in [0.29, 0.717) is 12.5 Å². The quantitative estimate of drug-likeness (QED) is 0.603. The molecule has 1 amide bonds. The van der Waals surface area contributed by atoms with E-state index in [1.165, 1.54) is 0 Å². The van der Waals surface area contributed by atoms with Gasteiger partial charge in [-0.2, -0.15) is 0 Å². The number of hydrogen-bond donors (Lipinski definition) is 1. The minimum atomic E-state index is 0. The average Bonchev–Trinajstić information content (AvgIpc) is 2.09. The van der Waals surface area contributed by atoms with Crippen molar-refractivity contribution in [1.29, 1.82) is 0 Å². The van der Waals surface area contributed by atoms with Crippen LogP contribution in [0, 0.1) is 0 Å². The zero-order chi connectivity index (χ0) is 9.40. The summed E-state index contributed by atoms with van der Waals surface area (Å²) in [5.41, 5.74) is 0. The fourth-order valence-corrected chi connectivity index (χ4v) is 1.21. The first kappa shape index (κ1) is 11.2. The third kappa shape index (κ3) is 4.16. The molecule has 2 nitrogen and oxygen atoms in total. The molecule has 1 aliphatic rings. The average molecular weight is 171 g/mol. The molecule has 1 unspecified atom stereocenters. The monoisotopic (exact) mass is 171 g/mol. The molecule has 1 saturated heterocycles. The van der Waals surface area contributed by atoms with E-state index >= 15 is 0 Å². The molecule has 1 rings (SSSR count). The maximum absolute atomic E-state index is 10.8. The van der Waals surface area contributed by atoms with Crippen molar-refractivity contribution in [2.24, 2.45) is 0 Å². The number of carbonyl (C=O) groups excluding carboxylic acids is 1. The Labute approximate surface area is 76.5 Å². The van der Waals surface area contributed by atoms with E-state index in [9.17, 15) is 4.79 Å². The highest BCUT2D eigenvalue weighted by Crippen LogP contribution is 2.08. The maximum Gasteiger partial charge on any atom is 0.220 e. The Bertz CT molecular complexity index is 157. The molecule has 0 aromatic carbocycles. The van der Waals surface area contributed by atoms with Crippen LogP contribution in [0.15, 0.2) is 12.2 Å². The van der Waals surface area contributed by atoms with Crippen LogP contribution in [0.1, 0.15) is 41.5 Å². The highest BCUT2D eigenvalue weighted by molar-refractivity contribution is 5.77. The third-order valence-corrected chi connectivity index (χ3v) is 1.69. The minimum absolute atomic E-state index is 0. The van der Waals surface area contributed by atoms with Crippen molar-refractivity contribution < 1.29 is 6.22 Å². The van der Waals surface area contributed by atoms with Crippen molar-refractivity contribution in [3.05, 3.63) is 12.2 Å². The van der Waals surface area contributed by atoms with Gasteiger partial charge in [-0.15, -0.1) is 0 Å². The number of amides is 1. The molecule has 0 saturated carbocycles. The largest absolute Gasteiger partial charge is 0.350 e. The van der Waals surface area contributed by atoms with Gasteiger partial charge in [-0.1, -0.05) is 26.0 Å². The second-order valence-corrected chi connectivity index (χ2v) is 2.59. The number of nitrogens with one attached hydrogen (secondary N) is 1. The van der Waals surface area contributed by atoms with E-state index < -0.39 is 0 Å². The first-order valence-electron chi connectivity index (χ1n) is 4.75. The Kier molecular flexibility index (Phi) is 6.44. The molecule has 0 aromatic rings. The molecule has 0 spiro atoms. The van der Waals surface area contributed by atoms with Crippen LogP contribution in [0.25, 0.3) is 0 Å². The molecule has 1 N–H and O–H groups in total. The molecular formula is C10H21NO. The molecule has 1 heterocycles. The van der Waals surface area contributed by atoms with Crippen molar-refractivity contribution in [1.82, 2.24) is 5.32 Å². The smallest absolute Gasteiger partial charge is 0.220 e. The number of hydrogen-bond acceptors (Lipinski definition) is 1. The van der Waals surface area contributed by atoms with Gasteiger partial charge in [-0.25, -0.2) is 0 Å². The number of carbonyl (C=O) groups is 1. The summed E-state index contributed by atoms with van der Waals surface area (Å²) in [5.74, 6) is 0.189. The van der Waals surface area contributed by atoms with E-state index in [1.54, 1.807) is 0 Å². The molecule has 72 valence electrons. The van der Waals surface area contributed by atoms with Gasteiger partial charge in [0.25, 0.3) is 0 Å². The summed E-state index contributed by atoms with van der Waals surface area (Å²) in [4.78, 5) is 10.8. The molecule has 2 heteroatoms. The fraction of sp³-hybridized carbons (Fsp3) is 0.700. The molecular weight excluding hydrogens is 150 g/mol. The van der Waals surface area contributed by atoms with Crippen LogP contribution < -0.4 is 5.32 Å². The van der Waals surface area contributed by atoms with Gasteiger partial charge >= 0.3 is 0 Å². The van der Waals surface area contributed by atoms with E-state index in [1.807, 2.05) is 32.9 Å². The van der Waals surface area contributed by atoms with Crippen molar-refractivity contribution in [2.45, 2.75) is 46.1 Å². The van der Waals surface area contributed by atoms with Gasteiger partial charge in [0.15, 0.2) is 0 Å². The third-order valence-electron chi connectivity index (χ3n) is 1.69. The summed E-state index contributed by atoms with van der Waals surface area (Å²) in [6.45, 7) is 5.97. The summed E-state index contributed by atoms with van der Waals surface area (Å²) in [6, 6.07) is 0.297. The van der Waals surface area contributed by atoms with Crippen LogP contribution in [0.5, 0.6) is 0 Å². The van der Waals surface area contributed by atoms with Crippen LogP contribution in [-0.2, 0) is 4.79 Å². The van der Waals surface area contributed by atoms with Crippen molar-refractivity contribution >= 4 is 5.91 Å². The maximum atomic E-state index is 10.8. The predicted octanol–water partition coefficient (Wildman–Crippen LogP) is 2.50. The Morgan fingerprint density at radius 1 is 1.58 bits per heavy atom. The molecule has 0 aliphatic carbocycles. The van der Waals surface area contributed by atoms with Gasteiger partial charge in [0.1, 0.15) is 0 Å². The highest BCUT2D eigenvalue weighted by atomic mass is 16.1. The Hall–Kier alpha value is -0.790. The molecule has 1 aliphatic heterocycles. The van der Waals surface area contributed by atoms with Crippen molar-refractivity contribution in [3.8, 4) is 0 Å². The summed E-state index contributed by atoms with van der Waals surface area (Å²) in [7, 11) is 0. The normalized spacial score (nSPS) is 22.9. The lowest BCUT2D eigenvalue weighted by Crippen LogP contribution is -2.37. The second-order valence-electron chi connectivity index (χ2n) is 2.59. The lowest BCUT2D eigenvalue weighted by atomic mass is 10.0. The summed E-state index contributed by atoms with van der Waals surface area (Å²) in [6.07, 6.45) is 6.85. The standard InChI is InChI=1S/C8H13NO.C2H6.H2/c1-2-4-7-5-3-6-8(10)9-7;1-2;/h2,4,7H,3,5-6H2,1H3,(H,9,10);1-2H3;1H/b4-2+;;. The molecule has 0 aromatic heterocycles.